The lowest BCUT2D eigenvalue weighted by Gasteiger charge is -2.33. The first-order valence-corrected chi connectivity index (χ1v) is 11.2. The molecule has 0 saturated carbocycles. The van der Waals surface area contributed by atoms with E-state index in [1.165, 1.54) is 0 Å². The van der Waals surface area contributed by atoms with Crippen molar-refractivity contribution in [2.45, 2.75) is 20.0 Å². The average Bonchev–Trinajstić information content (AvgIpc) is 2.76. The summed E-state index contributed by atoms with van der Waals surface area (Å²) in [6.45, 7) is 9.71. The summed E-state index contributed by atoms with van der Waals surface area (Å²) < 4.78 is 5.89. The molecule has 3 rings (SSSR count). The van der Waals surface area contributed by atoms with Crippen LogP contribution < -0.4 is 10.1 Å². The number of ether oxygens (including phenoxy) is 1. The highest BCUT2D eigenvalue weighted by atomic mass is 35.5. The molecule has 2 aromatic carbocycles. The van der Waals surface area contributed by atoms with Crippen molar-refractivity contribution in [2.24, 2.45) is 0 Å². The van der Waals surface area contributed by atoms with Gasteiger partial charge in [-0.05, 0) is 43.8 Å². The van der Waals surface area contributed by atoms with Crippen LogP contribution in [0, 0.1) is 0 Å². The van der Waals surface area contributed by atoms with Gasteiger partial charge in [-0.1, -0.05) is 48.3 Å². The van der Waals surface area contributed by atoms with Gasteiger partial charge in [0.05, 0.1) is 5.56 Å². The molecule has 0 bridgehead atoms. The van der Waals surface area contributed by atoms with Crippen LogP contribution in [0.4, 0.5) is 0 Å². The fourth-order valence-electron chi connectivity index (χ4n) is 3.50. The number of carbonyl (C=O) groups is 1. The minimum absolute atomic E-state index is 0.122. The van der Waals surface area contributed by atoms with Gasteiger partial charge in [0.2, 0.25) is 0 Å². The van der Waals surface area contributed by atoms with E-state index in [9.17, 15) is 4.79 Å². The summed E-state index contributed by atoms with van der Waals surface area (Å²) in [5.74, 6) is 0.417. The van der Waals surface area contributed by atoms with Gasteiger partial charge in [-0.2, -0.15) is 0 Å². The zero-order valence-corrected chi connectivity index (χ0v) is 18.9. The van der Waals surface area contributed by atoms with Crippen molar-refractivity contribution in [1.29, 1.82) is 0 Å². The first-order chi connectivity index (χ1) is 14.6. The van der Waals surface area contributed by atoms with E-state index < -0.39 is 0 Å². The third-order valence-electron chi connectivity index (χ3n) is 5.38. The monoisotopic (exact) mass is 449 g/mol. The molecule has 0 aromatic heterocycles. The number of amides is 1. The molecule has 0 aliphatic carbocycles. The molecular weight excluding hydrogens is 421 g/mol. The number of halogens is 2. The highest BCUT2D eigenvalue weighted by Gasteiger charge is 2.16. The SMILES string of the molecule is CCN1CCN(CCCNC(=O)c2ccccc2OCc2ccc(Cl)cc2Cl)CC1. The van der Waals surface area contributed by atoms with Crippen molar-refractivity contribution in [3.05, 3.63) is 63.6 Å². The summed E-state index contributed by atoms with van der Waals surface area (Å²) in [6.07, 6.45) is 0.932. The van der Waals surface area contributed by atoms with Gasteiger partial charge in [0, 0.05) is 48.3 Å². The summed E-state index contributed by atoms with van der Waals surface area (Å²) in [5.41, 5.74) is 1.35. The van der Waals surface area contributed by atoms with E-state index in [2.05, 4.69) is 22.0 Å². The van der Waals surface area contributed by atoms with E-state index in [1.807, 2.05) is 18.2 Å². The standard InChI is InChI=1S/C23H29Cl2N3O2/c1-2-27-12-14-28(15-13-27)11-5-10-26-23(29)20-6-3-4-7-22(20)30-17-18-8-9-19(24)16-21(18)25/h3-4,6-9,16H,2,5,10-15,17H2,1H3,(H,26,29). The van der Waals surface area contributed by atoms with Crippen molar-refractivity contribution >= 4 is 29.1 Å². The van der Waals surface area contributed by atoms with Crippen molar-refractivity contribution in [2.75, 3.05) is 45.8 Å². The lowest BCUT2D eigenvalue weighted by Crippen LogP contribution is -2.46. The number of carbonyl (C=O) groups excluding carboxylic acids is 1. The van der Waals surface area contributed by atoms with Gasteiger partial charge in [0.25, 0.3) is 5.91 Å². The Hall–Kier alpha value is -1.79. The smallest absolute Gasteiger partial charge is 0.255 e. The van der Waals surface area contributed by atoms with Crippen molar-refractivity contribution in [3.8, 4) is 5.75 Å². The van der Waals surface area contributed by atoms with E-state index in [4.69, 9.17) is 27.9 Å². The zero-order chi connectivity index (χ0) is 21.3. The molecule has 30 heavy (non-hydrogen) atoms. The van der Waals surface area contributed by atoms with Crippen LogP contribution in [0.25, 0.3) is 0 Å². The van der Waals surface area contributed by atoms with Gasteiger partial charge >= 0.3 is 0 Å². The highest BCUT2D eigenvalue weighted by Crippen LogP contribution is 2.24. The Morgan fingerprint density at radius 2 is 1.80 bits per heavy atom. The summed E-state index contributed by atoms with van der Waals surface area (Å²) in [7, 11) is 0. The van der Waals surface area contributed by atoms with Crippen LogP contribution in [0.3, 0.4) is 0 Å². The van der Waals surface area contributed by atoms with Crippen LogP contribution in [0.2, 0.25) is 10.0 Å². The Bertz CT molecular complexity index is 839. The minimum Gasteiger partial charge on any atom is -0.488 e. The molecule has 7 heteroatoms. The van der Waals surface area contributed by atoms with Crippen molar-refractivity contribution < 1.29 is 9.53 Å². The number of benzene rings is 2. The van der Waals surface area contributed by atoms with Crippen LogP contribution in [-0.4, -0.2) is 61.5 Å². The molecule has 0 spiro atoms. The quantitative estimate of drug-likeness (QED) is 0.578. The van der Waals surface area contributed by atoms with E-state index in [-0.39, 0.29) is 12.5 Å². The lowest BCUT2D eigenvalue weighted by molar-refractivity contribution is 0.0943. The maximum atomic E-state index is 12.7. The minimum atomic E-state index is -0.122. The molecule has 1 N–H and O–H groups in total. The van der Waals surface area contributed by atoms with Gasteiger partial charge < -0.3 is 19.9 Å². The Morgan fingerprint density at radius 1 is 1.07 bits per heavy atom. The number of hydrogen-bond acceptors (Lipinski definition) is 4. The molecule has 0 atom stereocenters. The van der Waals surface area contributed by atoms with E-state index >= 15 is 0 Å². The van der Waals surface area contributed by atoms with E-state index in [1.54, 1.807) is 24.3 Å². The Balaban J connectivity index is 1.47. The summed E-state index contributed by atoms with van der Waals surface area (Å²) in [5, 5.41) is 4.14. The Labute approximate surface area is 188 Å². The number of hydrogen-bond donors (Lipinski definition) is 1. The van der Waals surface area contributed by atoms with Gasteiger partial charge in [-0.15, -0.1) is 0 Å². The van der Waals surface area contributed by atoms with Crippen LogP contribution in [-0.2, 0) is 6.61 Å². The van der Waals surface area contributed by atoms with E-state index in [0.717, 1.165) is 51.3 Å². The number of para-hydroxylation sites is 1. The molecule has 162 valence electrons. The molecule has 2 aromatic rings. The van der Waals surface area contributed by atoms with E-state index in [0.29, 0.717) is 27.9 Å². The Morgan fingerprint density at radius 3 is 2.53 bits per heavy atom. The van der Waals surface area contributed by atoms with Crippen LogP contribution in [0.5, 0.6) is 5.75 Å². The Kier molecular flexibility index (Phi) is 8.82. The fraction of sp³-hybridized carbons (Fsp3) is 0.435. The third-order valence-corrected chi connectivity index (χ3v) is 5.97. The number of likely N-dealkylation sites (N-methyl/N-ethyl adjacent to an activating group) is 1. The molecule has 0 radical (unpaired) electrons. The normalized spacial score (nSPS) is 15.2. The maximum Gasteiger partial charge on any atom is 0.255 e. The number of rotatable bonds is 9. The lowest BCUT2D eigenvalue weighted by atomic mass is 10.2. The predicted molar refractivity (Wildman–Crippen MR) is 123 cm³/mol. The molecule has 1 heterocycles. The summed E-state index contributed by atoms with van der Waals surface area (Å²) in [4.78, 5) is 17.6. The first kappa shape index (κ1) is 22.9. The molecule has 1 amide bonds. The largest absolute Gasteiger partial charge is 0.488 e. The topological polar surface area (TPSA) is 44.8 Å². The van der Waals surface area contributed by atoms with Gasteiger partial charge in [-0.3, -0.25) is 4.79 Å². The average molecular weight is 450 g/mol. The fourth-order valence-corrected chi connectivity index (χ4v) is 3.97. The second-order valence-electron chi connectivity index (χ2n) is 7.41. The number of nitrogens with one attached hydrogen (secondary N) is 1. The van der Waals surface area contributed by atoms with Gasteiger partial charge in [0.15, 0.2) is 0 Å². The van der Waals surface area contributed by atoms with Crippen molar-refractivity contribution in [3.63, 3.8) is 0 Å². The first-order valence-electron chi connectivity index (χ1n) is 10.5. The second kappa shape index (κ2) is 11.6. The van der Waals surface area contributed by atoms with Crippen LogP contribution in [0.1, 0.15) is 29.3 Å². The highest BCUT2D eigenvalue weighted by molar-refractivity contribution is 6.35. The molecule has 1 saturated heterocycles. The molecule has 5 nitrogen and oxygen atoms in total. The second-order valence-corrected chi connectivity index (χ2v) is 8.25. The van der Waals surface area contributed by atoms with Gasteiger partial charge in [-0.25, -0.2) is 0 Å². The van der Waals surface area contributed by atoms with Gasteiger partial charge in [0.1, 0.15) is 12.4 Å². The van der Waals surface area contributed by atoms with Crippen LogP contribution >= 0.6 is 23.2 Å². The van der Waals surface area contributed by atoms with Crippen molar-refractivity contribution in [1.82, 2.24) is 15.1 Å². The zero-order valence-electron chi connectivity index (χ0n) is 17.4. The molecule has 0 unspecified atom stereocenters. The maximum absolute atomic E-state index is 12.7. The molecular formula is C23H29Cl2N3O2. The third kappa shape index (κ3) is 6.61. The number of piperazine rings is 1. The molecule has 1 aliphatic rings. The van der Waals surface area contributed by atoms with Crippen LogP contribution in [0.15, 0.2) is 42.5 Å². The predicted octanol–water partition coefficient (Wildman–Crippen LogP) is 4.33. The summed E-state index contributed by atoms with van der Waals surface area (Å²) in [6, 6.07) is 12.5. The number of nitrogens with zero attached hydrogens (tertiary/aromatic N) is 2. The summed E-state index contributed by atoms with van der Waals surface area (Å²) >= 11 is 12.2. The molecule has 1 aliphatic heterocycles. The molecule has 1 fully saturated rings.